The van der Waals surface area contributed by atoms with Crippen LogP contribution in [0.2, 0.25) is 0 Å². The number of hydrogen-bond acceptors (Lipinski definition) is 2. The Labute approximate surface area is 103 Å². The molecule has 0 aromatic heterocycles. The molecule has 0 radical (unpaired) electrons. The van der Waals surface area contributed by atoms with Crippen molar-refractivity contribution in [3.8, 4) is 0 Å². The first kappa shape index (κ1) is 12.4. The number of nitrogens with one attached hydrogen (secondary N) is 1. The van der Waals surface area contributed by atoms with Gasteiger partial charge in [-0.1, -0.05) is 19.3 Å². The van der Waals surface area contributed by atoms with Gasteiger partial charge in [0.25, 0.3) is 0 Å². The minimum absolute atomic E-state index is 0.0293. The number of rotatable bonds is 1. The average Bonchev–Trinajstić information content (AvgIpc) is 2.28. The number of carbonyl (C=O) groups is 2. The van der Waals surface area contributed by atoms with Crippen molar-refractivity contribution in [1.82, 2.24) is 10.2 Å². The molecule has 0 aromatic carbocycles. The zero-order valence-electron chi connectivity index (χ0n) is 10.4. The second kappa shape index (κ2) is 6.03. The molecule has 1 atom stereocenters. The summed E-state index contributed by atoms with van der Waals surface area (Å²) in [7, 11) is 0. The van der Waals surface area contributed by atoms with Gasteiger partial charge in [0.1, 0.15) is 0 Å². The third-order valence-corrected chi connectivity index (χ3v) is 3.76. The molecule has 2 rings (SSSR count). The van der Waals surface area contributed by atoms with E-state index in [0.717, 1.165) is 32.4 Å². The summed E-state index contributed by atoms with van der Waals surface area (Å²) in [5.41, 5.74) is 0. The lowest BCUT2D eigenvalue weighted by Gasteiger charge is -2.30. The van der Waals surface area contributed by atoms with E-state index in [1.54, 1.807) is 0 Å². The fraction of sp³-hybridized carbons (Fsp3) is 0.846. The first-order valence-corrected chi connectivity index (χ1v) is 6.83. The molecule has 2 saturated heterocycles. The van der Waals surface area contributed by atoms with Crippen LogP contribution in [0.15, 0.2) is 0 Å². The molecule has 1 unspecified atom stereocenters. The Morgan fingerprint density at radius 2 is 1.76 bits per heavy atom. The molecule has 96 valence electrons. The van der Waals surface area contributed by atoms with Gasteiger partial charge >= 0.3 is 0 Å². The Morgan fingerprint density at radius 1 is 1.12 bits per heavy atom. The van der Waals surface area contributed by atoms with Crippen molar-refractivity contribution >= 4 is 11.8 Å². The molecule has 0 spiro atoms. The van der Waals surface area contributed by atoms with Crippen LogP contribution in [0.5, 0.6) is 0 Å². The van der Waals surface area contributed by atoms with Gasteiger partial charge in [-0.3, -0.25) is 9.59 Å². The molecule has 0 aliphatic carbocycles. The molecule has 2 heterocycles. The van der Waals surface area contributed by atoms with Crippen LogP contribution in [0.1, 0.15) is 44.9 Å². The van der Waals surface area contributed by atoms with E-state index in [4.69, 9.17) is 0 Å². The van der Waals surface area contributed by atoms with Crippen LogP contribution in [0.4, 0.5) is 0 Å². The Kier molecular flexibility index (Phi) is 4.40. The fourth-order valence-electron chi connectivity index (χ4n) is 2.72. The average molecular weight is 238 g/mol. The van der Waals surface area contributed by atoms with E-state index in [2.05, 4.69) is 5.32 Å². The first-order chi connectivity index (χ1) is 8.27. The molecule has 2 fully saturated rings. The maximum atomic E-state index is 12.3. The van der Waals surface area contributed by atoms with Gasteiger partial charge in [0.2, 0.25) is 11.8 Å². The number of carbonyl (C=O) groups excluding carboxylic acids is 2. The predicted molar refractivity (Wildman–Crippen MR) is 65.4 cm³/mol. The molecule has 0 saturated carbocycles. The van der Waals surface area contributed by atoms with E-state index in [1.807, 2.05) is 4.90 Å². The number of piperidine rings is 1. The molecule has 0 aromatic rings. The topological polar surface area (TPSA) is 49.4 Å². The van der Waals surface area contributed by atoms with Crippen LogP contribution >= 0.6 is 0 Å². The lowest BCUT2D eigenvalue weighted by molar-refractivity contribution is -0.140. The van der Waals surface area contributed by atoms with Gasteiger partial charge in [0.05, 0.1) is 0 Å². The number of likely N-dealkylation sites (tertiary alicyclic amines) is 1. The highest BCUT2D eigenvalue weighted by Gasteiger charge is 2.29. The zero-order chi connectivity index (χ0) is 12.1. The van der Waals surface area contributed by atoms with E-state index in [9.17, 15) is 9.59 Å². The molecule has 2 aliphatic heterocycles. The molecule has 0 bridgehead atoms. The monoisotopic (exact) mass is 238 g/mol. The summed E-state index contributed by atoms with van der Waals surface area (Å²) in [6, 6.07) is 0. The van der Waals surface area contributed by atoms with E-state index in [0.29, 0.717) is 13.0 Å². The first-order valence-electron chi connectivity index (χ1n) is 6.83. The normalized spacial score (nSPS) is 26.9. The molecule has 1 N–H and O–H groups in total. The summed E-state index contributed by atoms with van der Waals surface area (Å²) in [5, 5.41) is 2.78. The summed E-state index contributed by atoms with van der Waals surface area (Å²) < 4.78 is 0. The smallest absolute Gasteiger partial charge is 0.226 e. The van der Waals surface area contributed by atoms with Crippen LogP contribution < -0.4 is 5.32 Å². The molecule has 4 heteroatoms. The van der Waals surface area contributed by atoms with Gasteiger partial charge in [-0.2, -0.15) is 0 Å². The quantitative estimate of drug-likeness (QED) is 0.748. The second-order valence-electron chi connectivity index (χ2n) is 5.13. The summed E-state index contributed by atoms with van der Waals surface area (Å²) >= 11 is 0. The Bertz CT molecular complexity index is 283. The van der Waals surface area contributed by atoms with E-state index in [-0.39, 0.29) is 17.7 Å². The zero-order valence-corrected chi connectivity index (χ0v) is 10.4. The standard InChI is InChI=1S/C13H22N2O2/c16-12-10-11(6-7-14-12)13(17)15-8-4-2-1-3-5-9-15/h11H,1-10H2,(H,14,16). The van der Waals surface area contributed by atoms with Crippen molar-refractivity contribution in [3.63, 3.8) is 0 Å². The van der Waals surface area contributed by atoms with Crippen molar-refractivity contribution in [1.29, 1.82) is 0 Å². The number of amides is 2. The molecule has 4 nitrogen and oxygen atoms in total. The van der Waals surface area contributed by atoms with Crippen molar-refractivity contribution in [2.45, 2.75) is 44.9 Å². The van der Waals surface area contributed by atoms with Gasteiger partial charge in [-0.05, 0) is 19.3 Å². The summed E-state index contributed by atoms with van der Waals surface area (Å²) in [4.78, 5) is 25.6. The lowest BCUT2D eigenvalue weighted by atomic mass is 9.95. The third-order valence-electron chi connectivity index (χ3n) is 3.76. The van der Waals surface area contributed by atoms with Crippen molar-refractivity contribution in [2.75, 3.05) is 19.6 Å². The van der Waals surface area contributed by atoms with Crippen LogP contribution in [-0.2, 0) is 9.59 Å². The van der Waals surface area contributed by atoms with Gasteiger partial charge in [0.15, 0.2) is 0 Å². The van der Waals surface area contributed by atoms with E-state index in [1.165, 1.54) is 19.3 Å². The van der Waals surface area contributed by atoms with Gasteiger partial charge in [-0.25, -0.2) is 0 Å². The van der Waals surface area contributed by atoms with Crippen molar-refractivity contribution in [2.24, 2.45) is 5.92 Å². The minimum atomic E-state index is -0.0665. The maximum Gasteiger partial charge on any atom is 0.226 e. The van der Waals surface area contributed by atoms with Crippen LogP contribution in [0.25, 0.3) is 0 Å². The third kappa shape index (κ3) is 3.45. The van der Waals surface area contributed by atoms with Crippen LogP contribution in [0, 0.1) is 5.92 Å². The van der Waals surface area contributed by atoms with Crippen molar-refractivity contribution in [3.05, 3.63) is 0 Å². The van der Waals surface area contributed by atoms with Gasteiger partial charge in [0, 0.05) is 32.0 Å². The minimum Gasteiger partial charge on any atom is -0.356 e. The van der Waals surface area contributed by atoms with Crippen LogP contribution in [0.3, 0.4) is 0 Å². The molecule has 17 heavy (non-hydrogen) atoms. The second-order valence-corrected chi connectivity index (χ2v) is 5.13. The fourth-order valence-corrected chi connectivity index (χ4v) is 2.72. The molecular weight excluding hydrogens is 216 g/mol. The summed E-state index contributed by atoms with van der Waals surface area (Å²) in [6.45, 7) is 2.43. The molecular formula is C13H22N2O2. The lowest BCUT2D eigenvalue weighted by Crippen LogP contribution is -2.44. The summed E-state index contributed by atoms with van der Waals surface area (Å²) in [5.74, 6) is 0.173. The van der Waals surface area contributed by atoms with E-state index < -0.39 is 0 Å². The van der Waals surface area contributed by atoms with Crippen molar-refractivity contribution < 1.29 is 9.59 Å². The Balaban J connectivity index is 1.90. The maximum absolute atomic E-state index is 12.3. The molecule has 2 aliphatic rings. The van der Waals surface area contributed by atoms with Gasteiger partial charge in [-0.15, -0.1) is 0 Å². The van der Waals surface area contributed by atoms with Crippen LogP contribution in [-0.4, -0.2) is 36.3 Å². The number of hydrogen-bond donors (Lipinski definition) is 1. The van der Waals surface area contributed by atoms with Gasteiger partial charge < -0.3 is 10.2 Å². The number of nitrogens with zero attached hydrogens (tertiary/aromatic N) is 1. The largest absolute Gasteiger partial charge is 0.356 e. The van der Waals surface area contributed by atoms with E-state index >= 15 is 0 Å². The SMILES string of the molecule is O=C1CC(C(=O)N2CCCCCCC2)CCN1. The predicted octanol–water partition coefficient (Wildman–Crippen LogP) is 1.31. The summed E-state index contributed by atoms with van der Waals surface area (Å²) in [6.07, 6.45) is 7.18. The Hall–Kier alpha value is -1.06. The highest BCUT2D eigenvalue weighted by Crippen LogP contribution is 2.18. The molecule has 2 amide bonds. The highest BCUT2D eigenvalue weighted by atomic mass is 16.2. The highest BCUT2D eigenvalue weighted by molar-refractivity contribution is 5.86. The Morgan fingerprint density at radius 3 is 2.41 bits per heavy atom.